The lowest BCUT2D eigenvalue weighted by Crippen LogP contribution is -2.42. The molecular formula is C10H9Cl2NO3S. The van der Waals surface area contributed by atoms with Crippen LogP contribution >= 0.6 is 34.5 Å². The first-order valence-corrected chi connectivity index (χ1v) is 6.45. The number of nitrogens with one attached hydrogen (secondary N) is 1. The van der Waals surface area contributed by atoms with Gasteiger partial charge in [0, 0.05) is 0 Å². The van der Waals surface area contributed by atoms with Gasteiger partial charge in [-0.15, -0.1) is 11.3 Å². The number of amides is 1. The minimum atomic E-state index is -1.09. The molecule has 0 unspecified atom stereocenters. The number of aliphatic carboxylic acids is 1. The Labute approximate surface area is 112 Å². The van der Waals surface area contributed by atoms with E-state index in [4.69, 9.17) is 28.3 Å². The van der Waals surface area contributed by atoms with E-state index in [-0.39, 0.29) is 0 Å². The van der Waals surface area contributed by atoms with Crippen LogP contribution in [0.5, 0.6) is 0 Å². The number of carbonyl (C=O) groups is 2. The molecule has 4 nitrogen and oxygen atoms in total. The third kappa shape index (κ3) is 2.14. The zero-order chi connectivity index (χ0) is 12.8. The molecule has 0 aliphatic heterocycles. The molecule has 7 heteroatoms. The summed E-state index contributed by atoms with van der Waals surface area (Å²) in [6.07, 6.45) is 0.917. The molecule has 0 aromatic carbocycles. The van der Waals surface area contributed by atoms with E-state index in [9.17, 15) is 9.59 Å². The summed E-state index contributed by atoms with van der Waals surface area (Å²) in [5, 5.41) is 11.8. The molecule has 17 heavy (non-hydrogen) atoms. The smallest absolute Gasteiger partial charge is 0.329 e. The molecule has 1 aromatic heterocycles. The van der Waals surface area contributed by atoms with Crippen LogP contribution < -0.4 is 5.32 Å². The van der Waals surface area contributed by atoms with Gasteiger partial charge >= 0.3 is 5.97 Å². The Bertz CT molecular complexity index is 508. The molecule has 1 aliphatic rings. The van der Waals surface area contributed by atoms with E-state index in [1.807, 2.05) is 0 Å². The van der Waals surface area contributed by atoms with Gasteiger partial charge in [0.1, 0.15) is 9.88 Å². The molecule has 0 atom stereocenters. The van der Waals surface area contributed by atoms with Crippen LogP contribution in [0.4, 0.5) is 0 Å². The summed E-state index contributed by atoms with van der Waals surface area (Å²) in [6.45, 7) is 1.68. The maximum absolute atomic E-state index is 11.9. The van der Waals surface area contributed by atoms with Crippen LogP contribution in [-0.2, 0) is 4.79 Å². The van der Waals surface area contributed by atoms with Crippen molar-refractivity contribution in [2.24, 2.45) is 0 Å². The molecule has 0 saturated heterocycles. The Morgan fingerprint density at radius 2 is 2.00 bits per heavy atom. The second-order valence-corrected chi connectivity index (χ2v) is 5.99. The molecule has 92 valence electrons. The third-order valence-corrected chi connectivity index (χ3v) is 4.93. The van der Waals surface area contributed by atoms with Crippen molar-refractivity contribution in [1.29, 1.82) is 0 Å². The summed E-state index contributed by atoms with van der Waals surface area (Å²) in [5.74, 6) is -1.43. The second-order valence-electron chi connectivity index (χ2n) is 3.99. The highest BCUT2D eigenvalue weighted by molar-refractivity contribution is 7.19. The van der Waals surface area contributed by atoms with E-state index >= 15 is 0 Å². The van der Waals surface area contributed by atoms with Crippen LogP contribution in [0, 0.1) is 6.92 Å². The van der Waals surface area contributed by atoms with E-state index in [0.29, 0.717) is 32.6 Å². The van der Waals surface area contributed by atoms with Crippen LogP contribution in [0.15, 0.2) is 0 Å². The highest BCUT2D eigenvalue weighted by Crippen LogP contribution is 2.39. The number of thiophene rings is 1. The van der Waals surface area contributed by atoms with Crippen molar-refractivity contribution < 1.29 is 14.7 Å². The Morgan fingerprint density at radius 1 is 1.41 bits per heavy atom. The SMILES string of the molecule is Cc1c(C(=O)NC2(C(=O)O)CC2)sc(Cl)c1Cl. The Morgan fingerprint density at radius 3 is 2.35 bits per heavy atom. The molecule has 1 heterocycles. The Hall–Kier alpha value is -0.780. The van der Waals surface area contributed by atoms with E-state index in [1.54, 1.807) is 6.92 Å². The largest absolute Gasteiger partial charge is 0.480 e. The van der Waals surface area contributed by atoms with Gasteiger partial charge in [-0.1, -0.05) is 23.2 Å². The van der Waals surface area contributed by atoms with Gasteiger partial charge in [-0.05, 0) is 25.3 Å². The molecule has 1 aromatic rings. The quantitative estimate of drug-likeness (QED) is 0.900. The maximum atomic E-state index is 11.9. The van der Waals surface area contributed by atoms with Crippen molar-refractivity contribution in [3.05, 3.63) is 19.8 Å². The standard InChI is InChI=1S/C10H9Cl2NO3S/c1-4-5(11)7(12)17-6(4)8(14)13-10(2-3-10)9(15)16/h2-3H2,1H3,(H,13,14)(H,15,16). The molecule has 1 amide bonds. The molecule has 2 rings (SSSR count). The van der Waals surface area contributed by atoms with Crippen LogP contribution in [0.25, 0.3) is 0 Å². The van der Waals surface area contributed by atoms with Crippen LogP contribution in [0.3, 0.4) is 0 Å². The van der Waals surface area contributed by atoms with Crippen LogP contribution in [-0.4, -0.2) is 22.5 Å². The predicted octanol–water partition coefficient (Wildman–Crippen LogP) is 2.71. The number of hydrogen-bond acceptors (Lipinski definition) is 3. The molecule has 2 N–H and O–H groups in total. The van der Waals surface area contributed by atoms with E-state index in [2.05, 4.69) is 5.32 Å². The molecule has 0 radical (unpaired) electrons. The van der Waals surface area contributed by atoms with E-state index in [1.165, 1.54) is 0 Å². The van der Waals surface area contributed by atoms with Crippen molar-refractivity contribution in [3.8, 4) is 0 Å². The van der Waals surface area contributed by atoms with Crippen LogP contribution in [0.1, 0.15) is 28.1 Å². The normalized spacial score (nSPS) is 16.6. The number of rotatable bonds is 3. The third-order valence-electron chi connectivity index (χ3n) is 2.75. The number of carboxylic acid groups (broad SMARTS) is 1. The fraction of sp³-hybridized carbons (Fsp3) is 0.400. The number of carboxylic acids is 1. The van der Waals surface area contributed by atoms with Gasteiger partial charge in [0.25, 0.3) is 5.91 Å². The molecule has 1 saturated carbocycles. The summed E-state index contributed by atoms with van der Waals surface area (Å²) in [6, 6.07) is 0. The van der Waals surface area contributed by atoms with Gasteiger partial charge in [0.05, 0.1) is 9.90 Å². The van der Waals surface area contributed by atoms with Crippen LogP contribution in [0.2, 0.25) is 9.36 Å². The molecule has 1 fully saturated rings. The first-order chi connectivity index (χ1) is 7.87. The minimum Gasteiger partial charge on any atom is -0.480 e. The van der Waals surface area contributed by atoms with Gasteiger partial charge in [0.2, 0.25) is 0 Å². The average Bonchev–Trinajstić information content (AvgIpc) is 2.99. The summed E-state index contributed by atoms with van der Waals surface area (Å²) >= 11 is 12.8. The first kappa shape index (κ1) is 12.7. The maximum Gasteiger partial charge on any atom is 0.329 e. The van der Waals surface area contributed by atoms with Crippen molar-refractivity contribution in [1.82, 2.24) is 5.32 Å². The molecular weight excluding hydrogens is 285 g/mol. The van der Waals surface area contributed by atoms with Crippen molar-refractivity contribution in [2.45, 2.75) is 25.3 Å². The number of hydrogen-bond donors (Lipinski definition) is 2. The lowest BCUT2D eigenvalue weighted by atomic mass is 10.2. The van der Waals surface area contributed by atoms with Gasteiger partial charge < -0.3 is 10.4 Å². The minimum absolute atomic E-state index is 0.342. The van der Waals surface area contributed by atoms with Crippen molar-refractivity contribution >= 4 is 46.4 Å². The fourth-order valence-electron chi connectivity index (χ4n) is 1.47. The number of carbonyl (C=O) groups excluding carboxylic acids is 1. The Kier molecular flexibility index (Phi) is 3.10. The lowest BCUT2D eigenvalue weighted by molar-refractivity contribution is -0.140. The lowest BCUT2D eigenvalue weighted by Gasteiger charge is -2.11. The average molecular weight is 294 g/mol. The highest BCUT2D eigenvalue weighted by Gasteiger charge is 2.52. The Balaban J connectivity index is 2.21. The first-order valence-electron chi connectivity index (χ1n) is 4.88. The van der Waals surface area contributed by atoms with Gasteiger partial charge in [-0.3, -0.25) is 4.79 Å². The summed E-state index contributed by atoms with van der Waals surface area (Å²) in [5.41, 5.74) is -0.507. The monoisotopic (exact) mass is 293 g/mol. The summed E-state index contributed by atoms with van der Waals surface area (Å²) in [7, 11) is 0. The molecule has 1 aliphatic carbocycles. The summed E-state index contributed by atoms with van der Waals surface area (Å²) in [4.78, 5) is 23.2. The number of halogens is 2. The summed E-state index contributed by atoms with van der Waals surface area (Å²) < 4.78 is 0.342. The van der Waals surface area contributed by atoms with Gasteiger partial charge in [0.15, 0.2) is 0 Å². The van der Waals surface area contributed by atoms with E-state index < -0.39 is 17.4 Å². The zero-order valence-corrected chi connectivity index (χ0v) is 11.2. The highest BCUT2D eigenvalue weighted by atomic mass is 35.5. The zero-order valence-electron chi connectivity index (χ0n) is 8.84. The second kappa shape index (κ2) is 4.15. The predicted molar refractivity (Wildman–Crippen MR) is 66.1 cm³/mol. The molecule has 0 bridgehead atoms. The van der Waals surface area contributed by atoms with Crippen molar-refractivity contribution in [3.63, 3.8) is 0 Å². The van der Waals surface area contributed by atoms with Crippen molar-refractivity contribution in [2.75, 3.05) is 0 Å². The van der Waals surface area contributed by atoms with Gasteiger partial charge in [-0.2, -0.15) is 0 Å². The molecule has 0 spiro atoms. The van der Waals surface area contributed by atoms with Gasteiger partial charge in [-0.25, -0.2) is 4.79 Å². The topological polar surface area (TPSA) is 66.4 Å². The fourth-order valence-corrected chi connectivity index (χ4v) is 2.93. The van der Waals surface area contributed by atoms with E-state index in [0.717, 1.165) is 11.3 Å².